The summed E-state index contributed by atoms with van der Waals surface area (Å²) in [5.41, 5.74) is 2.37. The van der Waals surface area contributed by atoms with Crippen LogP contribution in [0.2, 0.25) is 15.1 Å². The zero-order valence-corrected chi connectivity index (χ0v) is 14.1. The summed E-state index contributed by atoms with van der Waals surface area (Å²) in [6.07, 6.45) is 1.86. The first-order valence-electron chi connectivity index (χ1n) is 6.91. The second-order valence-corrected chi connectivity index (χ2v) is 6.48. The summed E-state index contributed by atoms with van der Waals surface area (Å²) in [4.78, 5) is 0. The predicted molar refractivity (Wildman–Crippen MR) is 92.7 cm³/mol. The number of hydrogen-bond donors (Lipinski definition) is 1. The summed E-state index contributed by atoms with van der Waals surface area (Å²) in [7, 11) is 1.97. The van der Waals surface area contributed by atoms with Gasteiger partial charge in [-0.25, -0.2) is 0 Å². The van der Waals surface area contributed by atoms with Gasteiger partial charge in [-0.1, -0.05) is 53.0 Å². The Hall–Kier alpha value is -0.730. The van der Waals surface area contributed by atoms with E-state index in [1.165, 1.54) is 5.56 Å². The van der Waals surface area contributed by atoms with Crippen LogP contribution in [0.25, 0.3) is 0 Å². The molecule has 0 heterocycles. The van der Waals surface area contributed by atoms with E-state index in [4.69, 9.17) is 34.8 Å². The minimum atomic E-state index is 0.451. The van der Waals surface area contributed by atoms with Crippen LogP contribution in [0.5, 0.6) is 0 Å². The van der Waals surface area contributed by atoms with Crippen molar-refractivity contribution in [3.63, 3.8) is 0 Å². The molecule has 0 saturated carbocycles. The highest BCUT2D eigenvalue weighted by atomic mass is 35.5. The molecular formula is C17H18Cl3N. The first kappa shape index (κ1) is 16.6. The van der Waals surface area contributed by atoms with Gasteiger partial charge in [0.25, 0.3) is 0 Å². The number of hydrogen-bond acceptors (Lipinski definition) is 1. The molecule has 0 aliphatic carbocycles. The van der Waals surface area contributed by atoms with E-state index in [1.54, 1.807) is 6.07 Å². The van der Waals surface area contributed by atoms with Gasteiger partial charge in [-0.3, -0.25) is 0 Å². The molecule has 0 fully saturated rings. The normalized spacial score (nSPS) is 12.4. The molecule has 0 saturated heterocycles. The molecule has 112 valence electrons. The van der Waals surface area contributed by atoms with Crippen LogP contribution in [0.1, 0.15) is 11.1 Å². The Morgan fingerprint density at radius 2 is 1.71 bits per heavy atom. The van der Waals surface area contributed by atoms with Crippen molar-refractivity contribution in [3.8, 4) is 0 Å². The Bertz CT molecular complexity index is 598. The van der Waals surface area contributed by atoms with E-state index in [-0.39, 0.29) is 0 Å². The number of rotatable bonds is 6. The van der Waals surface area contributed by atoms with E-state index < -0.39 is 0 Å². The monoisotopic (exact) mass is 341 g/mol. The maximum absolute atomic E-state index is 6.28. The van der Waals surface area contributed by atoms with Gasteiger partial charge >= 0.3 is 0 Å². The summed E-state index contributed by atoms with van der Waals surface area (Å²) in [6, 6.07) is 13.7. The van der Waals surface area contributed by atoms with Crippen molar-refractivity contribution >= 4 is 34.8 Å². The molecule has 0 amide bonds. The lowest BCUT2D eigenvalue weighted by atomic mass is 9.92. The third-order valence-corrected chi connectivity index (χ3v) is 4.25. The Kier molecular flexibility index (Phi) is 6.38. The van der Waals surface area contributed by atoms with Gasteiger partial charge in [-0.05, 0) is 67.7 Å². The molecule has 1 unspecified atom stereocenters. The quantitative estimate of drug-likeness (QED) is 0.754. The van der Waals surface area contributed by atoms with Crippen molar-refractivity contribution in [2.75, 3.05) is 13.6 Å². The molecule has 4 heteroatoms. The fourth-order valence-corrected chi connectivity index (χ4v) is 3.20. The number of nitrogens with one attached hydrogen (secondary N) is 1. The van der Waals surface area contributed by atoms with Gasteiger partial charge in [0.15, 0.2) is 0 Å². The Labute approximate surface area is 141 Å². The average Bonchev–Trinajstić information content (AvgIpc) is 2.42. The first-order valence-corrected chi connectivity index (χ1v) is 8.05. The molecule has 0 aliphatic heterocycles. The molecule has 2 rings (SSSR count). The van der Waals surface area contributed by atoms with Crippen molar-refractivity contribution in [2.45, 2.75) is 12.8 Å². The van der Waals surface area contributed by atoms with Crippen LogP contribution >= 0.6 is 34.8 Å². The Morgan fingerprint density at radius 3 is 2.38 bits per heavy atom. The fraction of sp³-hybridized carbons (Fsp3) is 0.294. The van der Waals surface area contributed by atoms with Crippen LogP contribution in [-0.2, 0) is 12.8 Å². The molecule has 0 spiro atoms. The third kappa shape index (κ3) is 5.19. The van der Waals surface area contributed by atoms with Crippen LogP contribution in [0, 0.1) is 5.92 Å². The van der Waals surface area contributed by atoms with Crippen molar-refractivity contribution < 1.29 is 0 Å². The van der Waals surface area contributed by atoms with Gasteiger partial charge in [0.05, 0.1) is 0 Å². The Morgan fingerprint density at radius 1 is 0.952 bits per heavy atom. The molecule has 2 aromatic carbocycles. The first-order chi connectivity index (χ1) is 10.1. The molecule has 0 radical (unpaired) electrons. The SMILES string of the molecule is CNCC(Cc1cccc(Cl)c1)Cc1ccc(Cl)cc1Cl. The highest BCUT2D eigenvalue weighted by Gasteiger charge is 2.13. The number of halogens is 3. The van der Waals surface area contributed by atoms with Gasteiger partial charge in [0.2, 0.25) is 0 Å². The van der Waals surface area contributed by atoms with E-state index in [0.29, 0.717) is 10.9 Å². The molecule has 0 bridgehead atoms. The predicted octanol–water partition coefficient (Wildman–Crippen LogP) is 5.27. The number of benzene rings is 2. The van der Waals surface area contributed by atoms with E-state index in [0.717, 1.165) is 35.0 Å². The molecule has 21 heavy (non-hydrogen) atoms. The lowest BCUT2D eigenvalue weighted by Crippen LogP contribution is -2.23. The summed E-state index contributed by atoms with van der Waals surface area (Å²) in [6.45, 7) is 0.922. The van der Waals surface area contributed by atoms with E-state index in [2.05, 4.69) is 11.4 Å². The highest BCUT2D eigenvalue weighted by Crippen LogP contribution is 2.25. The molecule has 1 nitrogen and oxygen atoms in total. The molecule has 2 aromatic rings. The average molecular weight is 343 g/mol. The summed E-state index contributed by atoms with van der Waals surface area (Å²) in [5.74, 6) is 0.451. The van der Waals surface area contributed by atoms with Crippen LogP contribution in [-0.4, -0.2) is 13.6 Å². The van der Waals surface area contributed by atoms with E-state index >= 15 is 0 Å². The zero-order chi connectivity index (χ0) is 15.2. The largest absolute Gasteiger partial charge is 0.319 e. The summed E-state index contributed by atoms with van der Waals surface area (Å²) < 4.78 is 0. The van der Waals surface area contributed by atoms with Crippen molar-refractivity contribution in [3.05, 3.63) is 68.7 Å². The second kappa shape index (κ2) is 8.05. The van der Waals surface area contributed by atoms with Crippen LogP contribution in [0.15, 0.2) is 42.5 Å². The topological polar surface area (TPSA) is 12.0 Å². The summed E-state index contributed by atoms with van der Waals surface area (Å²) in [5, 5.41) is 5.43. The van der Waals surface area contributed by atoms with Crippen molar-refractivity contribution in [1.29, 1.82) is 0 Å². The van der Waals surface area contributed by atoms with E-state index in [9.17, 15) is 0 Å². The second-order valence-electron chi connectivity index (χ2n) is 5.20. The van der Waals surface area contributed by atoms with E-state index in [1.807, 2.05) is 37.4 Å². The van der Waals surface area contributed by atoms with Gasteiger partial charge in [-0.2, -0.15) is 0 Å². The maximum atomic E-state index is 6.28. The van der Waals surface area contributed by atoms with Gasteiger partial charge < -0.3 is 5.32 Å². The Balaban J connectivity index is 2.11. The van der Waals surface area contributed by atoms with Crippen molar-refractivity contribution in [1.82, 2.24) is 5.32 Å². The van der Waals surface area contributed by atoms with Crippen molar-refractivity contribution in [2.24, 2.45) is 5.92 Å². The maximum Gasteiger partial charge on any atom is 0.0452 e. The van der Waals surface area contributed by atoms with Gasteiger partial charge in [0.1, 0.15) is 0 Å². The van der Waals surface area contributed by atoms with Crippen LogP contribution < -0.4 is 5.32 Å². The molecule has 0 aliphatic rings. The van der Waals surface area contributed by atoms with Crippen LogP contribution in [0.4, 0.5) is 0 Å². The lowest BCUT2D eigenvalue weighted by molar-refractivity contribution is 0.493. The standard InChI is InChI=1S/C17H18Cl3N/c1-21-11-13(7-12-3-2-4-15(18)9-12)8-14-5-6-16(19)10-17(14)20/h2-6,9-10,13,21H,7-8,11H2,1H3. The molecular weight excluding hydrogens is 325 g/mol. The van der Waals surface area contributed by atoms with Crippen LogP contribution in [0.3, 0.4) is 0 Å². The molecule has 1 N–H and O–H groups in total. The minimum absolute atomic E-state index is 0.451. The molecule has 0 aromatic heterocycles. The lowest BCUT2D eigenvalue weighted by Gasteiger charge is -2.18. The van der Waals surface area contributed by atoms with Gasteiger partial charge in [-0.15, -0.1) is 0 Å². The summed E-state index contributed by atoms with van der Waals surface area (Å²) >= 11 is 18.3. The zero-order valence-electron chi connectivity index (χ0n) is 11.9. The highest BCUT2D eigenvalue weighted by molar-refractivity contribution is 6.35. The van der Waals surface area contributed by atoms with Gasteiger partial charge in [0, 0.05) is 15.1 Å². The minimum Gasteiger partial charge on any atom is -0.319 e. The third-order valence-electron chi connectivity index (χ3n) is 3.43. The molecule has 1 atom stereocenters. The fourth-order valence-electron chi connectivity index (χ4n) is 2.50. The smallest absolute Gasteiger partial charge is 0.0452 e.